The molecule has 0 bridgehead atoms. The van der Waals surface area contributed by atoms with Gasteiger partial charge < -0.3 is 59.8 Å². The molecule has 0 unspecified atom stereocenters. The molecule has 20 heteroatoms. The summed E-state index contributed by atoms with van der Waals surface area (Å²) in [5.74, 6) is 0.841. The van der Waals surface area contributed by atoms with Gasteiger partial charge in [0.2, 0.25) is 11.8 Å². The van der Waals surface area contributed by atoms with Crippen molar-refractivity contribution in [3.63, 3.8) is 0 Å². The molecule has 0 radical (unpaired) electrons. The Bertz CT molecular complexity index is 2760. The second kappa shape index (κ2) is 22.9. The van der Waals surface area contributed by atoms with Crippen LogP contribution in [0.25, 0.3) is 21.7 Å². The van der Waals surface area contributed by atoms with E-state index in [0.717, 1.165) is 91.6 Å². The Morgan fingerprint density at radius 2 is 1.60 bits per heavy atom. The number of hydrogen-bond donors (Lipinski definition) is 4. The van der Waals surface area contributed by atoms with E-state index in [0.29, 0.717) is 67.8 Å². The lowest BCUT2D eigenvalue weighted by atomic mass is 9.91. The number of piperidine rings is 2. The Labute approximate surface area is 442 Å². The third kappa shape index (κ3) is 11.9. The van der Waals surface area contributed by atoms with E-state index in [1.165, 1.54) is 4.90 Å². The van der Waals surface area contributed by atoms with Gasteiger partial charge in [0.25, 0.3) is 0 Å². The van der Waals surface area contributed by atoms with E-state index in [4.69, 9.17) is 19.7 Å². The lowest BCUT2D eigenvalue weighted by Crippen LogP contribution is -2.51. The van der Waals surface area contributed by atoms with Gasteiger partial charge in [-0.2, -0.15) is 0 Å². The minimum absolute atomic E-state index is 0.0773. The van der Waals surface area contributed by atoms with Crippen molar-refractivity contribution in [3.8, 4) is 27.4 Å². The number of nitrogens with zero attached hydrogens (tertiary/aromatic N) is 9. The lowest BCUT2D eigenvalue weighted by Gasteiger charge is -2.41. The largest absolute Gasteiger partial charge is 0.507 e. The van der Waals surface area contributed by atoms with Gasteiger partial charge in [0, 0.05) is 96.3 Å². The van der Waals surface area contributed by atoms with Gasteiger partial charge in [-0.25, -0.2) is 9.78 Å². The number of carbonyl (C=O) groups is 3. The number of benzene rings is 2. The summed E-state index contributed by atoms with van der Waals surface area (Å²) in [7, 11) is 0. The van der Waals surface area contributed by atoms with Crippen molar-refractivity contribution in [2.45, 2.75) is 115 Å². The molecule has 0 spiro atoms. The standard InChI is InChI=1S/C55H71N11O8S/c1-33(2)50(54(70)66-31-39(67)25-46(66)53(69)58-34(3)37-9-11-38(12-10-37)51-35(4)57-32-75-51)48-29-49(61-74-48)64-19-13-36(14-20-64)30-62-17-15-40(16-18-62)72-41-26-42(27-41)73-55(71)65-23-21-63(22-24-65)45-28-44(59-60-52(45)56)43-7-5-6-8-47(43)68/h5-12,28-29,32-34,36,39-42,46,50,67-68H,13-27,30-31H2,1-4H3,(H2,56,60)(H,58,69)/t34-,39+,41?,42?,46-,50+/m0/s1. The van der Waals surface area contributed by atoms with Gasteiger partial charge in [0.05, 0.1) is 51.8 Å². The number of phenolic OH excluding ortho intramolecular Hbond substituents is 1. The molecule has 7 heterocycles. The summed E-state index contributed by atoms with van der Waals surface area (Å²) in [6.45, 7) is 14.8. The van der Waals surface area contributed by atoms with E-state index < -0.39 is 18.1 Å². The van der Waals surface area contributed by atoms with E-state index in [1.807, 2.05) is 75.7 Å². The molecule has 5 aromatic rings. The highest BCUT2D eigenvalue weighted by Gasteiger charge is 2.44. The van der Waals surface area contributed by atoms with E-state index in [-0.39, 0.29) is 66.9 Å². The van der Waals surface area contributed by atoms with Crippen LogP contribution in [-0.4, -0.2) is 159 Å². The fourth-order valence-corrected chi connectivity index (χ4v) is 12.2. The van der Waals surface area contributed by atoms with E-state index in [2.05, 4.69) is 40.4 Å². The first-order valence-corrected chi connectivity index (χ1v) is 27.6. The van der Waals surface area contributed by atoms with Crippen LogP contribution < -0.4 is 20.9 Å². The lowest BCUT2D eigenvalue weighted by molar-refractivity contribution is -0.141. The number of carbonyl (C=O) groups excluding carboxylic acids is 3. The number of para-hydroxylation sites is 1. The van der Waals surface area contributed by atoms with Gasteiger partial charge in [-0.15, -0.1) is 21.5 Å². The van der Waals surface area contributed by atoms with Crippen molar-refractivity contribution in [1.29, 1.82) is 0 Å². The van der Waals surface area contributed by atoms with Crippen LogP contribution in [0.4, 0.5) is 22.1 Å². The zero-order valence-corrected chi connectivity index (χ0v) is 44.2. The number of anilines is 3. The zero-order valence-electron chi connectivity index (χ0n) is 43.4. The molecule has 1 aliphatic carbocycles. The molecule has 5 N–H and O–H groups in total. The summed E-state index contributed by atoms with van der Waals surface area (Å²) in [4.78, 5) is 56.9. The van der Waals surface area contributed by atoms with Crippen molar-refractivity contribution < 1.29 is 38.6 Å². The monoisotopic (exact) mass is 1050 g/mol. The van der Waals surface area contributed by atoms with E-state index in [9.17, 15) is 24.6 Å². The number of rotatable bonds is 15. The highest BCUT2D eigenvalue weighted by Crippen LogP contribution is 2.37. The van der Waals surface area contributed by atoms with Gasteiger partial charge in [0.15, 0.2) is 17.4 Å². The number of nitrogens with two attached hydrogens (primary N) is 1. The SMILES string of the molecule is Cc1ncsc1-c1ccc([C@H](C)NC(=O)[C@@H]2C[C@@H](O)CN2C(=O)[C@@H](c2cc(N3CCC(CN4CCC(OC5CC(OC(=O)N6CCN(c7cc(-c8ccccc8O)nnc7N)CC6)C5)CC4)CC3)no2)C(C)C)cc1. The highest BCUT2D eigenvalue weighted by molar-refractivity contribution is 7.13. The number of amides is 3. The highest BCUT2D eigenvalue weighted by atomic mass is 32.1. The van der Waals surface area contributed by atoms with E-state index >= 15 is 0 Å². The molecule has 5 fully saturated rings. The van der Waals surface area contributed by atoms with Crippen LogP contribution >= 0.6 is 11.3 Å². The molecule has 3 amide bonds. The maximum Gasteiger partial charge on any atom is 0.410 e. The van der Waals surface area contributed by atoms with Crippen LogP contribution in [0.5, 0.6) is 5.75 Å². The Hall–Kier alpha value is -6.35. The Kier molecular flexibility index (Phi) is 15.9. The van der Waals surface area contributed by atoms with Crippen molar-refractivity contribution in [2.24, 2.45) is 11.8 Å². The summed E-state index contributed by atoms with van der Waals surface area (Å²) in [5.41, 5.74) is 12.9. The molecule has 4 atom stereocenters. The summed E-state index contributed by atoms with van der Waals surface area (Å²) in [6.07, 6.45) is 4.68. The molecule has 10 rings (SSSR count). The topological polar surface area (TPSA) is 229 Å². The number of phenols is 1. The van der Waals surface area contributed by atoms with Crippen molar-refractivity contribution >= 4 is 46.6 Å². The molecular weight excluding hydrogens is 975 g/mol. The number of piperazine rings is 1. The number of aryl methyl sites for hydroxylation is 1. The third-order valence-corrected chi connectivity index (χ3v) is 16.9. The second-order valence-electron chi connectivity index (χ2n) is 21.5. The molecule has 4 aliphatic heterocycles. The number of aromatic hydroxyl groups is 1. The number of ether oxygens (including phenoxy) is 2. The number of nitrogen functional groups attached to an aromatic ring is 1. The molecule has 19 nitrogen and oxygen atoms in total. The van der Waals surface area contributed by atoms with Crippen LogP contribution in [0.2, 0.25) is 0 Å². The first-order valence-electron chi connectivity index (χ1n) is 26.7. The van der Waals surface area contributed by atoms with Gasteiger partial charge in [-0.3, -0.25) is 9.59 Å². The molecule has 2 aromatic carbocycles. The number of β-amino-alcohol motifs (C(OH)–C–C–N with tert-alkyl or cyclic N) is 1. The van der Waals surface area contributed by atoms with Gasteiger partial charge in [-0.05, 0) is 80.7 Å². The zero-order chi connectivity index (χ0) is 52.3. The average Bonchev–Trinajstić information content (AvgIpc) is 4.17. The molecule has 75 heavy (non-hydrogen) atoms. The van der Waals surface area contributed by atoms with Gasteiger partial charge in [0.1, 0.15) is 23.8 Å². The van der Waals surface area contributed by atoms with Gasteiger partial charge >= 0.3 is 6.09 Å². The molecule has 5 aliphatic rings. The number of thiazole rings is 1. The average molecular weight is 1050 g/mol. The van der Waals surface area contributed by atoms with Crippen LogP contribution in [0.15, 0.2) is 70.7 Å². The predicted octanol–water partition coefficient (Wildman–Crippen LogP) is 6.62. The molecule has 1 saturated carbocycles. The smallest absolute Gasteiger partial charge is 0.410 e. The fraction of sp³-hybridized carbons (Fsp3) is 0.545. The van der Waals surface area contributed by atoms with Crippen LogP contribution in [0.3, 0.4) is 0 Å². The molecule has 400 valence electrons. The molecular formula is C55H71N11O8S. The summed E-state index contributed by atoms with van der Waals surface area (Å²) >= 11 is 1.60. The fourth-order valence-electron chi connectivity index (χ4n) is 11.4. The van der Waals surface area contributed by atoms with E-state index in [1.54, 1.807) is 34.4 Å². The minimum Gasteiger partial charge on any atom is -0.507 e. The Balaban J connectivity index is 0.624. The van der Waals surface area contributed by atoms with Crippen LogP contribution in [0, 0.1) is 18.8 Å². The summed E-state index contributed by atoms with van der Waals surface area (Å²) in [5, 5.41) is 37.0. The first-order chi connectivity index (χ1) is 36.2. The first kappa shape index (κ1) is 52.1. The predicted molar refractivity (Wildman–Crippen MR) is 285 cm³/mol. The van der Waals surface area contributed by atoms with Crippen LogP contribution in [-0.2, 0) is 19.1 Å². The van der Waals surface area contributed by atoms with Crippen molar-refractivity contribution in [3.05, 3.63) is 83.2 Å². The maximum absolute atomic E-state index is 14.4. The van der Waals surface area contributed by atoms with Crippen molar-refractivity contribution in [2.75, 3.05) is 81.0 Å². The third-order valence-electron chi connectivity index (χ3n) is 16.0. The quantitative estimate of drug-likeness (QED) is 0.0864. The summed E-state index contributed by atoms with van der Waals surface area (Å²) in [6, 6.07) is 17.7. The Morgan fingerprint density at radius 3 is 2.29 bits per heavy atom. The number of aliphatic hydroxyl groups excluding tert-OH is 1. The molecule has 4 saturated heterocycles. The Morgan fingerprint density at radius 1 is 0.867 bits per heavy atom. The minimum atomic E-state index is -0.808. The van der Waals surface area contributed by atoms with Gasteiger partial charge in [-0.1, -0.05) is 55.4 Å². The normalized spacial score (nSPS) is 22.8. The second-order valence-corrected chi connectivity index (χ2v) is 22.3. The number of aromatic nitrogens is 4. The number of aliphatic hydroxyl groups is 1. The number of nitrogens with one attached hydrogen (secondary N) is 1. The summed E-state index contributed by atoms with van der Waals surface area (Å²) < 4.78 is 18.3. The molecule has 3 aromatic heterocycles. The maximum atomic E-state index is 14.4. The van der Waals surface area contributed by atoms with Crippen molar-refractivity contribution in [1.82, 2.24) is 40.4 Å². The van der Waals surface area contributed by atoms with Crippen LogP contribution in [0.1, 0.15) is 94.7 Å². The number of likely N-dealkylation sites (tertiary alicyclic amines) is 2. The number of hydrogen-bond acceptors (Lipinski definition) is 17.